The van der Waals surface area contributed by atoms with Crippen molar-refractivity contribution in [3.8, 4) is 0 Å². The van der Waals surface area contributed by atoms with Crippen LogP contribution >= 0.6 is 0 Å². The van der Waals surface area contributed by atoms with E-state index in [0.29, 0.717) is 0 Å². The van der Waals surface area contributed by atoms with Crippen LogP contribution in [0.2, 0.25) is 0 Å². The standard InChI is InChI=1S/C18H23NO4/c20-16(14-12-1-2-13(23-12)15(14)17(21)22)19-18-6-9-3-10(7-18)5-11(4-9)8-18/h1-2,9-15H,3-8H2,(H,19,20)(H,21,22). The summed E-state index contributed by atoms with van der Waals surface area (Å²) in [6, 6.07) is 0. The second-order valence-corrected chi connectivity index (χ2v) is 8.53. The third kappa shape index (κ3) is 2.02. The fourth-order valence-corrected chi connectivity index (χ4v) is 6.52. The summed E-state index contributed by atoms with van der Waals surface area (Å²) < 4.78 is 5.65. The van der Waals surface area contributed by atoms with Crippen molar-refractivity contribution in [1.29, 1.82) is 0 Å². The first-order valence-corrected chi connectivity index (χ1v) is 8.92. The molecule has 1 amide bonds. The smallest absolute Gasteiger partial charge is 0.310 e. The molecular formula is C18H23NO4. The van der Waals surface area contributed by atoms with E-state index in [4.69, 9.17) is 4.74 Å². The average Bonchev–Trinajstić information content (AvgIpc) is 3.05. The number of ether oxygens (including phenoxy) is 1. The van der Waals surface area contributed by atoms with Crippen molar-refractivity contribution in [2.24, 2.45) is 29.6 Å². The molecule has 124 valence electrons. The molecule has 0 aromatic carbocycles. The number of amides is 1. The van der Waals surface area contributed by atoms with E-state index in [2.05, 4.69) is 5.32 Å². The maximum Gasteiger partial charge on any atom is 0.310 e. The van der Waals surface area contributed by atoms with E-state index in [1.807, 2.05) is 6.08 Å². The van der Waals surface area contributed by atoms with Crippen molar-refractivity contribution >= 4 is 11.9 Å². The molecule has 5 nitrogen and oxygen atoms in total. The molecule has 2 N–H and O–H groups in total. The Morgan fingerprint density at radius 2 is 1.48 bits per heavy atom. The quantitative estimate of drug-likeness (QED) is 0.777. The first-order valence-electron chi connectivity index (χ1n) is 8.92. The monoisotopic (exact) mass is 317 g/mol. The van der Waals surface area contributed by atoms with Gasteiger partial charge >= 0.3 is 5.97 Å². The predicted octanol–water partition coefficient (Wildman–Crippen LogP) is 1.73. The van der Waals surface area contributed by atoms with Crippen molar-refractivity contribution in [3.63, 3.8) is 0 Å². The lowest BCUT2D eigenvalue weighted by atomic mass is 9.53. The Bertz CT molecular complexity index is 563. The van der Waals surface area contributed by atoms with Gasteiger partial charge in [0.1, 0.15) is 5.92 Å². The van der Waals surface area contributed by atoms with Crippen molar-refractivity contribution in [3.05, 3.63) is 12.2 Å². The number of carboxylic acid groups (broad SMARTS) is 1. The highest BCUT2D eigenvalue weighted by molar-refractivity contribution is 5.87. The van der Waals surface area contributed by atoms with Crippen LogP contribution in [-0.4, -0.2) is 34.7 Å². The SMILES string of the molecule is O=C(O)C1C2C=CC(O2)C1C(=O)NC12CC3CC(CC(C3)C1)C2. The first-order chi connectivity index (χ1) is 11.0. The minimum absolute atomic E-state index is 0.0690. The molecule has 0 spiro atoms. The van der Waals surface area contributed by atoms with E-state index in [9.17, 15) is 14.7 Å². The Labute approximate surface area is 135 Å². The lowest BCUT2D eigenvalue weighted by molar-refractivity contribution is -0.148. The molecule has 2 aliphatic heterocycles. The van der Waals surface area contributed by atoms with Gasteiger partial charge in [0.15, 0.2) is 0 Å². The molecule has 5 fully saturated rings. The van der Waals surface area contributed by atoms with Gasteiger partial charge in [-0.05, 0) is 56.3 Å². The average molecular weight is 317 g/mol. The predicted molar refractivity (Wildman–Crippen MR) is 81.5 cm³/mol. The molecule has 6 aliphatic rings. The summed E-state index contributed by atoms with van der Waals surface area (Å²) in [6.07, 6.45) is 10.1. The third-order valence-electron chi connectivity index (χ3n) is 6.91. The molecule has 4 unspecified atom stereocenters. The van der Waals surface area contributed by atoms with E-state index in [-0.39, 0.29) is 17.6 Å². The van der Waals surface area contributed by atoms with Gasteiger partial charge in [-0.3, -0.25) is 9.59 Å². The van der Waals surface area contributed by atoms with E-state index >= 15 is 0 Å². The minimum atomic E-state index is -0.924. The maximum absolute atomic E-state index is 12.9. The number of hydrogen-bond donors (Lipinski definition) is 2. The van der Waals surface area contributed by atoms with Gasteiger partial charge in [0.2, 0.25) is 5.91 Å². The van der Waals surface area contributed by atoms with Crippen LogP contribution in [0, 0.1) is 29.6 Å². The van der Waals surface area contributed by atoms with E-state index in [0.717, 1.165) is 37.0 Å². The van der Waals surface area contributed by atoms with Crippen LogP contribution in [0.25, 0.3) is 0 Å². The molecule has 6 bridgehead atoms. The number of carbonyl (C=O) groups excluding carboxylic acids is 1. The number of hydrogen-bond acceptors (Lipinski definition) is 3. The van der Waals surface area contributed by atoms with E-state index in [1.54, 1.807) is 6.08 Å². The van der Waals surface area contributed by atoms with Crippen molar-refractivity contribution in [2.45, 2.75) is 56.3 Å². The van der Waals surface area contributed by atoms with Crippen molar-refractivity contribution in [1.82, 2.24) is 5.32 Å². The van der Waals surface area contributed by atoms with Crippen LogP contribution in [0.5, 0.6) is 0 Å². The van der Waals surface area contributed by atoms with E-state index < -0.39 is 23.9 Å². The molecule has 0 aromatic rings. The summed E-state index contributed by atoms with van der Waals surface area (Å²) in [5.74, 6) is -0.0629. The molecule has 23 heavy (non-hydrogen) atoms. The second kappa shape index (κ2) is 4.59. The Hall–Kier alpha value is -1.36. The number of aliphatic carboxylic acids is 1. The van der Waals surface area contributed by atoms with Gasteiger partial charge in [0.05, 0.1) is 18.1 Å². The van der Waals surface area contributed by atoms with Crippen molar-refractivity contribution in [2.75, 3.05) is 0 Å². The second-order valence-electron chi connectivity index (χ2n) is 8.53. The van der Waals surface area contributed by atoms with Gasteiger partial charge in [0.25, 0.3) is 0 Å². The van der Waals surface area contributed by atoms with Crippen LogP contribution < -0.4 is 5.32 Å². The number of rotatable bonds is 3. The molecule has 0 radical (unpaired) electrons. The van der Waals surface area contributed by atoms with Gasteiger partial charge < -0.3 is 15.2 Å². The molecule has 4 aliphatic carbocycles. The first kappa shape index (κ1) is 14.0. The van der Waals surface area contributed by atoms with Gasteiger partial charge in [-0.15, -0.1) is 0 Å². The summed E-state index contributed by atoms with van der Waals surface area (Å²) in [6.45, 7) is 0. The Morgan fingerprint density at radius 3 is 2.00 bits per heavy atom. The molecular weight excluding hydrogens is 294 g/mol. The van der Waals surface area contributed by atoms with Gasteiger partial charge in [-0.1, -0.05) is 12.2 Å². The van der Waals surface area contributed by atoms with Crippen molar-refractivity contribution < 1.29 is 19.4 Å². The minimum Gasteiger partial charge on any atom is -0.481 e. The number of carbonyl (C=O) groups is 2. The highest BCUT2D eigenvalue weighted by atomic mass is 16.5. The highest BCUT2D eigenvalue weighted by Gasteiger charge is 2.56. The Kier molecular flexibility index (Phi) is 2.80. The summed E-state index contributed by atoms with van der Waals surface area (Å²) in [7, 11) is 0. The van der Waals surface area contributed by atoms with Crippen LogP contribution in [0.4, 0.5) is 0 Å². The zero-order valence-electron chi connectivity index (χ0n) is 13.1. The Morgan fingerprint density at radius 1 is 0.957 bits per heavy atom. The molecule has 6 rings (SSSR count). The van der Waals surface area contributed by atoms with Gasteiger partial charge in [-0.2, -0.15) is 0 Å². The van der Waals surface area contributed by atoms with Gasteiger partial charge in [0, 0.05) is 5.54 Å². The maximum atomic E-state index is 12.9. The molecule has 0 aromatic heterocycles. The van der Waals surface area contributed by atoms with Crippen LogP contribution in [0.15, 0.2) is 12.2 Å². The summed E-state index contributed by atoms with van der Waals surface area (Å²) >= 11 is 0. The summed E-state index contributed by atoms with van der Waals surface area (Å²) in [5, 5.41) is 12.8. The van der Waals surface area contributed by atoms with Crippen LogP contribution in [-0.2, 0) is 14.3 Å². The highest BCUT2D eigenvalue weighted by Crippen LogP contribution is 2.56. The summed E-state index contributed by atoms with van der Waals surface area (Å²) in [5.41, 5.74) is -0.0690. The molecule has 2 heterocycles. The van der Waals surface area contributed by atoms with E-state index in [1.165, 1.54) is 19.3 Å². The molecule has 1 saturated heterocycles. The molecule has 4 saturated carbocycles. The topological polar surface area (TPSA) is 75.6 Å². The molecule has 4 atom stereocenters. The third-order valence-corrected chi connectivity index (χ3v) is 6.91. The number of nitrogens with one attached hydrogen (secondary N) is 1. The zero-order chi connectivity index (χ0) is 15.8. The molecule has 5 heteroatoms. The fraction of sp³-hybridized carbons (Fsp3) is 0.778. The normalized spacial score (nSPS) is 52.1. The fourth-order valence-electron chi connectivity index (χ4n) is 6.52. The number of carboxylic acids is 1. The largest absolute Gasteiger partial charge is 0.481 e. The summed E-state index contributed by atoms with van der Waals surface area (Å²) in [4.78, 5) is 24.5. The van der Waals surface area contributed by atoms with Crippen LogP contribution in [0.1, 0.15) is 38.5 Å². The Balaban J connectivity index is 1.37. The zero-order valence-corrected chi connectivity index (χ0v) is 13.1. The van der Waals surface area contributed by atoms with Gasteiger partial charge in [-0.25, -0.2) is 0 Å². The lowest BCUT2D eigenvalue weighted by Gasteiger charge is -2.57. The van der Waals surface area contributed by atoms with Crippen LogP contribution in [0.3, 0.4) is 0 Å². The number of fused-ring (bicyclic) bond motifs is 2. The lowest BCUT2D eigenvalue weighted by Crippen LogP contribution is -2.61.